The van der Waals surface area contributed by atoms with Crippen LogP contribution in [0.1, 0.15) is 50.5 Å². The quantitative estimate of drug-likeness (QED) is 0.833. The molecule has 126 valence electrons. The fraction of sp³-hybridized carbons (Fsp3) is 0.632. The summed E-state index contributed by atoms with van der Waals surface area (Å²) in [5.41, 5.74) is 1.43. The molecule has 0 bridgehead atoms. The molecule has 1 heterocycles. The van der Waals surface area contributed by atoms with Crippen LogP contribution in [-0.4, -0.2) is 25.5 Å². The van der Waals surface area contributed by atoms with E-state index in [4.69, 9.17) is 11.6 Å². The molecule has 0 spiro atoms. The predicted octanol–water partition coefficient (Wildman–Crippen LogP) is 3.66. The van der Waals surface area contributed by atoms with E-state index in [1.807, 2.05) is 12.1 Å². The third kappa shape index (κ3) is 4.27. The van der Waals surface area contributed by atoms with Gasteiger partial charge in [0.1, 0.15) is 0 Å². The maximum Gasteiger partial charge on any atom is 0.220 e. The molecule has 1 saturated carbocycles. The van der Waals surface area contributed by atoms with Gasteiger partial charge in [-0.25, -0.2) is 0 Å². The van der Waals surface area contributed by atoms with E-state index in [2.05, 4.69) is 22.8 Å². The summed E-state index contributed by atoms with van der Waals surface area (Å²) in [6.45, 7) is 2.93. The molecule has 0 aromatic heterocycles. The second kappa shape index (κ2) is 7.67. The Balaban J connectivity index is 1.54. The van der Waals surface area contributed by atoms with E-state index in [0.717, 1.165) is 43.9 Å². The molecule has 4 heteroatoms. The average Bonchev–Trinajstić information content (AvgIpc) is 3.24. The molecule has 1 amide bonds. The van der Waals surface area contributed by atoms with Gasteiger partial charge in [0.2, 0.25) is 5.91 Å². The van der Waals surface area contributed by atoms with Gasteiger partial charge in [-0.05, 0) is 62.4 Å². The van der Waals surface area contributed by atoms with Crippen LogP contribution in [0.2, 0.25) is 5.02 Å². The van der Waals surface area contributed by atoms with Crippen molar-refractivity contribution in [2.24, 2.45) is 5.92 Å². The highest BCUT2D eigenvalue weighted by Gasteiger charge is 2.35. The van der Waals surface area contributed by atoms with Crippen LogP contribution in [0, 0.1) is 5.92 Å². The van der Waals surface area contributed by atoms with Gasteiger partial charge < -0.3 is 10.6 Å². The average molecular weight is 335 g/mol. The van der Waals surface area contributed by atoms with E-state index in [9.17, 15) is 4.79 Å². The highest BCUT2D eigenvalue weighted by atomic mass is 35.5. The maximum absolute atomic E-state index is 12.2. The SMILES string of the molecule is O=C(CCC1CCNC1)NCC1(c2ccc(Cl)cc2)CCCC1. The van der Waals surface area contributed by atoms with Gasteiger partial charge in [0.15, 0.2) is 0 Å². The molecule has 1 aromatic carbocycles. The van der Waals surface area contributed by atoms with Crippen molar-refractivity contribution in [3.63, 3.8) is 0 Å². The van der Waals surface area contributed by atoms with Crippen LogP contribution in [0.25, 0.3) is 0 Å². The zero-order valence-electron chi connectivity index (χ0n) is 13.7. The summed E-state index contributed by atoms with van der Waals surface area (Å²) < 4.78 is 0. The van der Waals surface area contributed by atoms with E-state index in [-0.39, 0.29) is 11.3 Å². The Hall–Kier alpha value is -1.06. The van der Waals surface area contributed by atoms with E-state index < -0.39 is 0 Å². The molecule has 23 heavy (non-hydrogen) atoms. The van der Waals surface area contributed by atoms with Crippen molar-refractivity contribution < 1.29 is 4.79 Å². The number of carbonyl (C=O) groups is 1. The fourth-order valence-corrected chi connectivity index (χ4v) is 4.20. The van der Waals surface area contributed by atoms with Gasteiger partial charge in [-0.15, -0.1) is 0 Å². The van der Waals surface area contributed by atoms with E-state index >= 15 is 0 Å². The van der Waals surface area contributed by atoms with Gasteiger partial charge in [-0.2, -0.15) is 0 Å². The predicted molar refractivity (Wildman–Crippen MR) is 94.8 cm³/mol. The normalized spacial score (nSPS) is 23.1. The molecule has 0 radical (unpaired) electrons. The lowest BCUT2D eigenvalue weighted by Gasteiger charge is -2.30. The molecule has 3 rings (SSSR count). The molecular weight excluding hydrogens is 308 g/mol. The molecule has 3 nitrogen and oxygen atoms in total. The lowest BCUT2D eigenvalue weighted by Crippen LogP contribution is -2.39. The lowest BCUT2D eigenvalue weighted by molar-refractivity contribution is -0.121. The van der Waals surface area contributed by atoms with Crippen LogP contribution < -0.4 is 10.6 Å². The summed E-state index contributed by atoms with van der Waals surface area (Å²) in [6.07, 6.45) is 7.67. The summed E-state index contributed by atoms with van der Waals surface area (Å²) in [6, 6.07) is 8.19. The van der Waals surface area contributed by atoms with Crippen molar-refractivity contribution >= 4 is 17.5 Å². The molecule has 1 aromatic rings. The first-order valence-electron chi connectivity index (χ1n) is 8.91. The molecule has 1 unspecified atom stereocenters. The number of carbonyl (C=O) groups excluding carboxylic acids is 1. The zero-order valence-corrected chi connectivity index (χ0v) is 14.5. The summed E-state index contributed by atoms with van der Waals surface area (Å²) in [7, 11) is 0. The first kappa shape index (κ1) is 16.8. The van der Waals surface area contributed by atoms with Gasteiger partial charge in [0.25, 0.3) is 0 Å². The highest BCUT2D eigenvalue weighted by Crippen LogP contribution is 2.41. The van der Waals surface area contributed by atoms with E-state index in [1.54, 1.807) is 0 Å². The Morgan fingerprint density at radius 2 is 2.00 bits per heavy atom. The van der Waals surface area contributed by atoms with Crippen LogP contribution >= 0.6 is 11.6 Å². The summed E-state index contributed by atoms with van der Waals surface area (Å²) >= 11 is 6.02. The summed E-state index contributed by atoms with van der Waals surface area (Å²) in [5, 5.41) is 7.35. The van der Waals surface area contributed by atoms with Gasteiger partial charge in [0.05, 0.1) is 0 Å². The molecule has 1 saturated heterocycles. The first-order valence-corrected chi connectivity index (χ1v) is 9.29. The third-order valence-corrected chi connectivity index (χ3v) is 5.84. The topological polar surface area (TPSA) is 41.1 Å². The Morgan fingerprint density at radius 3 is 2.65 bits per heavy atom. The Morgan fingerprint density at radius 1 is 1.26 bits per heavy atom. The number of halogens is 1. The number of benzene rings is 1. The minimum absolute atomic E-state index is 0.106. The maximum atomic E-state index is 12.2. The van der Waals surface area contributed by atoms with Crippen molar-refractivity contribution in [3.05, 3.63) is 34.9 Å². The van der Waals surface area contributed by atoms with Gasteiger partial charge in [-0.1, -0.05) is 36.6 Å². The fourth-order valence-electron chi connectivity index (χ4n) is 4.07. The number of hydrogen-bond donors (Lipinski definition) is 2. The van der Waals surface area contributed by atoms with Crippen molar-refractivity contribution in [3.8, 4) is 0 Å². The third-order valence-electron chi connectivity index (χ3n) is 5.58. The smallest absolute Gasteiger partial charge is 0.220 e. The minimum Gasteiger partial charge on any atom is -0.355 e. The number of rotatable bonds is 6. The zero-order chi connectivity index (χ0) is 16.1. The van der Waals surface area contributed by atoms with Crippen molar-refractivity contribution in [1.29, 1.82) is 0 Å². The number of amides is 1. The molecule has 1 aliphatic carbocycles. The van der Waals surface area contributed by atoms with Crippen LogP contribution in [0.4, 0.5) is 0 Å². The minimum atomic E-state index is 0.106. The highest BCUT2D eigenvalue weighted by molar-refractivity contribution is 6.30. The van der Waals surface area contributed by atoms with Crippen molar-refractivity contribution in [2.75, 3.05) is 19.6 Å². The van der Waals surface area contributed by atoms with E-state index in [1.165, 1.54) is 24.8 Å². The Kier molecular flexibility index (Phi) is 5.60. The van der Waals surface area contributed by atoms with Crippen molar-refractivity contribution in [2.45, 2.75) is 50.4 Å². The Bertz CT molecular complexity index is 517. The van der Waals surface area contributed by atoms with Crippen LogP contribution in [-0.2, 0) is 10.2 Å². The molecule has 1 atom stereocenters. The van der Waals surface area contributed by atoms with Gasteiger partial charge in [0, 0.05) is 23.4 Å². The molecule has 1 aliphatic heterocycles. The number of nitrogens with one attached hydrogen (secondary N) is 2. The monoisotopic (exact) mass is 334 g/mol. The molecular formula is C19H27ClN2O. The Labute approximate surface area is 144 Å². The molecule has 2 fully saturated rings. The second-order valence-electron chi connectivity index (χ2n) is 7.17. The van der Waals surface area contributed by atoms with Gasteiger partial charge in [-0.3, -0.25) is 4.79 Å². The van der Waals surface area contributed by atoms with Crippen LogP contribution in [0.15, 0.2) is 24.3 Å². The van der Waals surface area contributed by atoms with Crippen LogP contribution in [0.5, 0.6) is 0 Å². The lowest BCUT2D eigenvalue weighted by atomic mass is 9.79. The van der Waals surface area contributed by atoms with Crippen LogP contribution in [0.3, 0.4) is 0 Å². The summed E-state index contributed by atoms with van der Waals surface area (Å²) in [5.74, 6) is 0.884. The van der Waals surface area contributed by atoms with Gasteiger partial charge >= 0.3 is 0 Å². The first-order chi connectivity index (χ1) is 11.2. The summed E-state index contributed by atoms with van der Waals surface area (Å²) in [4.78, 5) is 12.2. The standard InChI is InChI=1S/C19H27ClN2O/c20-17-6-4-16(5-7-17)19(10-1-2-11-19)14-22-18(23)8-3-15-9-12-21-13-15/h4-7,15,21H,1-3,8-14H2,(H,22,23). The number of hydrogen-bond acceptors (Lipinski definition) is 2. The largest absolute Gasteiger partial charge is 0.355 e. The molecule has 2 aliphatic rings. The van der Waals surface area contributed by atoms with Crippen molar-refractivity contribution in [1.82, 2.24) is 10.6 Å². The molecule has 2 N–H and O–H groups in total. The van der Waals surface area contributed by atoms with E-state index in [0.29, 0.717) is 12.3 Å². The second-order valence-corrected chi connectivity index (χ2v) is 7.60.